The number of likely N-dealkylation sites (N-methyl/N-ethyl adjacent to an activating group) is 1. The van der Waals surface area contributed by atoms with Crippen LogP contribution in [-0.2, 0) is 6.54 Å². The van der Waals surface area contributed by atoms with Crippen molar-refractivity contribution in [3.8, 4) is 0 Å². The van der Waals surface area contributed by atoms with Crippen molar-refractivity contribution in [3.63, 3.8) is 0 Å². The molecule has 0 aliphatic heterocycles. The topological polar surface area (TPSA) is 29.3 Å². The zero-order valence-corrected chi connectivity index (χ0v) is 13.5. The lowest BCUT2D eigenvalue weighted by molar-refractivity contribution is 0.210. The molecule has 0 aromatic heterocycles. The molecule has 0 fully saturated rings. The number of hydrogen-bond donors (Lipinski definition) is 1. The van der Waals surface area contributed by atoms with E-state index in [4.69, 9.17) is 5.73 Å². The molecule has 2 aromatic rings. The first-order valence-corrected chi connectivity index (χ1v) is 7.56. The highest BCUT2D eigenvalue weighted by atomic mass is 15.1. The van der Waals surface area contributed by atoms with Crippen LogP contribution in [0.15, 0.2) is 48.5 Å². The molecule has 0 aliphatic rings. The van der Waals surface area contributed by atoms with Gasteiger partial charge in [0.15, 0.2) is 0 Å². The highest BCUT2D eigenvalue weighted by Gasteiger charge is 2.21. The summed E-state index contributed by atoms with van der Waals surface area (Å²) in [5.74, 6) is 0. The summed E-state index contributed by atoms with van der Waals surface area (Å²) in [5.41, 5.74) is 11.5. The van der Waals surface area contributed by atoms with E-state index in [0.717, 1.165) is 6.54 Å². The Morgan fingerprint density at radius 3 is 2.38 bits per heavy atom. The maximum atomic E-state index is 6.27. The molecule has 2 aromatic carbocycles. The van der Waals surface area contributed by atoms with Gasteiger partial charge in [-0.15, -0.1) is 0 Å². The quantitative estimate of drug-likeness (QED) is 0.903. The fourth-order valence-corrected chi connectivity index (χ4v) is 2.97. The van der Waals surface area contributed by atoms with Crippen LogP contribution in [0, 0.1) is 13.8 Å². The summed E-state index contributed by atoms with van der Waals surface area (Å²) in [6.45, 7) is 7.29. The second-order valence-corrected chi connectivity index (χ2v) is 6.06. The predicted octanol–water partition coefficient (Wildman–Crippen LogP) is 3.82. The van der Waals surface area contributed by atoms with E-state index >= 15 is 0 Å². The lowest BCUT2D eigenvalue weighted by Gasteiger charge is -2.32. The van der Waals surface area contributed by atoms with Gasteiger partial charge in [0.1, 0.15) is 0 Å². The number of hydrogen-bond acceptors (Lipinski definition) is 2. The van der Waals surface area contributed by atoms with Crippen LogP contribution in [-0.4, -0.2) is 18.0 Å². The largest absolute Gasteiger partial charge is 0.326 e. The minimum absolute atomic E-state index is 0.0841. The lowest BCUT2D eigenvalue weighted by Crippen LogP contribution is -2.37. The number of aryl methyl sites for hydroxylation is 2. The maximum absolute atomic E-state index is 6.27. The van der Waals surface area contributed by atoms with Gasteiger partial charge in [0.2, 0.25) is 0 Å². The summed E-state index contributed by atoms with van der Waals surface area (Å²) in [6.07, 6.45) is 0. The third-order valence-electron chi connectivity index (χ3n) is 4.04. The molecule has 2 N–H and O–H groups in total. The summed E-state index contributed by atoms with van der Waals surface area (Å²) in [6, 6.07) is 17.5. The van der Waals surface area contributed by atoms with Gasteiger partial charge >= 0.3 is 0 Å². The summed E-state index contributed by atoms with van der Waals surface area (Å²) in [5, 5.41) is 0. The molecule has 2 nitrogen and oxygen atoms in total. The average molecular weight is 282 g/mol. The first-order chi connectivity index (χ1) is 9.99. The minimum atomic E-state index is 0.0841. The van der Waals surface area contributed by atoms with Crippen molar-refractivity contribution in [1.29, 1.82) is 0 Å². The normalized spacial score (nSPS) is 14.2. The Morgan fingerprint density at radius 1 is 1.05 bits per heavy atom. The van der Waals surface area contributed by atoms with Crippen LogP contribution < -0.4 is 5.73 Å². The highest BCUT2D eigenvalue weighted by Crippen LogP contribution is 2.25. The van der Waals surface area contributed by atoms with Gasteiger partial charge in [-0.3, -0.25) is 4.90 Å². The standard InChI is InChI=1S/C19H26N2/c1-14-8-7-11-17(12-14)19(16(3)20)21(4)13-18-10-6-5-9-15(18)2/h5-12,16,19H,13,20H2,1-4H3. The van der Waals surface area contributed by atoms with Gasteiger partial charge in [-0.25, -0.2) is 0 Å². The van der Waals surface area contributed by atoms with Crippen LogP contribution in [0.4, 0.5) is 0 Å². The molecule has 0 heterocycles. The Hall–Kier alpha value is -1.64. The van der Waals surface area contributed by atoms with E-state index in [0.29, 0.717) is 0 Å². The molecule has 2 atom stereocenters. The van der Waals surface area contributed by atoms with Crippen molar-refractivity contribution in [3.05, 3.63) is 70.8 Å². The number of benzene rings is 2. The second-order valence-electron chi connectivity index (χ2n) is 6.06. The minimum Gasteiger partial charge on any atom is -0.326 e. The molecular formula is C19H26N2. The van der Waals surface area contributed by atoms with E-state index in [1.165, 1.54) is 22.3 Å². The number of nitrogens with two attached hydrogens (primary N) is 1. The Labute approximate surface area is 128 Å². The molecule has 0 bridgehead atoms. The molecule has 2 heteroatoms. The van der Waals surface area contributed by atoms with Crippen molar-refractivity contribution in [1.82, 2.24) is 4.90 Å². The maximum Gasteiger partial charge on any atom is 0.0497 e. The Morgan fingerprint density at radius 2 is 1.76 bits per heavy atom. The molecule has 112 valence electrons. The molecule has 0 spiro atoms. The van der Waals surface area contributed by atoms with Gasteiger partial charge in [-0.2, -0.15) is 0 Å². The monoisotopic (exact) mass is 282 g/mol. The van der Waals surface area contributed by atoms with E-state index in [-0.39, 0.29) is 12.1 Å². The third kappa shape index (κ3) is 3.93. The molecular weight excluding hydrogens is 256 g/mol. The SMILES string of the molecule is Cc1cccc(C(C(C)N)N(C)Cc2ccccc2C)c1. The van der Waals surface area contributed by atoms with Crippen LogP contribution in [0.2, 0.25) is 0 Å². The van der Waals surface area contributed by atoms with Crippen LogP contribution in [0.1, 0.15) is 35.2 Å². The van der Waals surface area contributed by atoms with E-state index in [9.17, 15) is 0 Å². The molecule has 21 heavy (non-hydrogen) atoms. The average Bonchev–Trinajstić information content (AvgIpc) is 2.41. The summed E-state index contributed by atoms with van der Waals surface area (Å²) in [7, 11) is 2.16. The van der Waals surface area contributed by atoms with Crippen molar-refractivity contribution < 1.29 is 0 Å². The van der Waals surface area contributed by atoms with Crippen molar-refractivity contribution in [2.24, 2.45) is 5.73 Å². The molecule has 0 radical (unpaired) electrons. The highest BCUT2D eigenvalue weighted by molar-refractivity contribution is 5.28. The van der Waals surface area contributed by atoms with E-state index < -0.39 is 0 Å². The van der Waals surface area contributed by atoms with Crippen LogP contribution >= 0.6 is 0 Å². The van der Waals surface area contributed by atoms with Gasteiger partial charge in [0.25, 0.3) is 0 Å². The Balaban J connectivity index is 2.24. The number of nitrogens with zero attached hydrogens (tertiary/aromatic N) is 1. The lowest BCUT2D eigenvalue weighted by atomic mass is 9.97. The van der Waals surface area contributed by atoms with Crippen LogP contribution in [0.3, 0.4) is 0 Å². The molecule has 2 unspecified atom stereocenters. The van der Waals surface area contributed by atoms with Crippen LogP contribution in [0.25, 0.3) is 0 Å². The fourth-order valence-electron chi connectivity index (χ4n) is 2.97. The Bertz CT molecular complexity index is 590. The zero-order chi connectivity index (χ0) is 15.4. The molecule has 0 aliphatic carbocycles. The van der Waals surface area contributed by atoms with E-state index in [2.05, 4.69) is 81.2 Å². The zero-order valence-electron chi connectivity index (χ0n) is 13.5. The van der Waals surface area contributed by atoms with Gasteiger partial charge in [0.05, 0.1) is 0 Å². The van der Waals surface area contributed by atoms with E-state index in [1.54, 1.807) is 0 Å². The smallest absolute Gasteiger partial charge is 0.0497 e. The Kier molecular flexibility index (Phi) is 5.16. The molecule has 0 saturated heterocycles. The first-order valence-electron chi connectivity index (χ1n) is 7.56. The molecule has 2 rings (SSSR count). The summed E-state index contributed by atoms with van der Waals surface area (Å²) < 4.78 is 0. The predicted molar refractivity (Wildman–Crippen MR) is 90.2 cm³/mol. The van der Waals surface area contributed by atoms with Crippen molar-refractivity contribution in [2.45, 2.75) is 39.4 Å². The summed E-state index contributed by atoms with van der Waals surface area (Å²) in [4.78, 5) is 2.35. The van der Waals surface area contributed by atoms with Gasteiger partial charge < -0.3 is 5.73 Å². The number of rotatable bonds is 5. The fraction of sp³-hybridized carbons (Fsp3) is 0.368. The molecule has 0 amide bonds. The van der Waals surface area contributed by atoms with Gasteiger partial charge in [-0.1, -0.05) is 54.1 Å². The second kappa shape index (κ2) is 6.88. The molecule has 0 saturated carbocycles. The van der Waals surface area contributed by atoms with Gasteiger partial charge in [-0.05, 0) is 44.5 Å². The third-order valence-corrected chi connectivity index (χ3v) is 4.04. The van der Waals surface area contributed by atoms with Crippen molar-refractivity contribution >= 4 is 0 Å². The first kappa shape index (κ1) is 15.7. The van der Waals surface area contributed by atoms with Crippen molar-refractivity contribution in [2.75, 3.05) is 7.05 Å². The van der Waals surface area contributed by atoms with Gasteiger partial charge in [0, 0.05) is 18.6 Å². The summed E-state index contributed by atoms with van der Waals surface area (Å²) >= 11 is 0. The van der Waals surface area contributed by atoms with E-state index in [1.807, 2.05) is 0 Å². The van der Waals surface area contributed by atoms with Crippen LogP contribution in [0.5, 0.6) is 0 Å².